The van der Waals surface area contributed by atoms with Crippen LogP contribution in [0.4, 0.5) is 0 Å². The molecule has 0 aliphatic heterocycles. The van der Waals surface area contributed by atoms with E-state index in [2.05, 4.69) is 13.8 Å². The van der Waals surface area contributed by atoms with E-state index >= 15 is 0 Å². The van der Waals surface area contributed by atoms with Gasteiger partial charge in [0.1, 0.15) is 0 Å². The second kappa shape index (κ2) is 4.24. The van der Waals surface area contributed by atoms with Crippen LogP contribution in [-0.4, -0.2) is 10.7 Å². The van der Waals surface area contributed by atoms with Gasteiger partial charge in [-0.3, -0.25) is 0 Å². The van der Waals surface area contributed by atoms with E-state index in [0.29, 0.717) is 11.3 Å². The molecule has 0 radical (unpaired) electrons. The van der Waals surface area contributed by atoms with E-state index in [0.717, 1.165) is 18.3 Å². The molecule has 0 aromatic carbocycles. The van der Waals surface area contributed by atoms with Crippen LogP contribution in [-0.2, 0) is 0 Å². The molecule has 4 saturated carbocycles. The smallest absolute Gasteiger partial charge is 0.0734 e. The molecule has 114 valence electrons. The molecule has 0 bridgehead atoms. The van der Waals surface area contributed by atoms with Gasteiger partial charge >= 0.3 is 0 Å². The Morgan fingerprint density at radius 1 is 0.750 bits per heavy atom. The van der Waals surface area contributed by atoms with Crippen LogP contribution in [0.15, 0.2) is 0 Å². The number of rotatable bonds is 0. The van der Waals surface area contributed by atoms with E-state index < -0.39 is 0 Å². The Balaban J connectivity index is 1.72. The Bertz CT molecular complexity index is 405. The summed E-state index contributed by atoms with van der Waals surface area (Å²) < 4.78 is 0. The molecule has 1 N–H and O–H groups in total. The maximum atomic E-state index is 11.8. The fourth-order valence-corrected chi connectivity index (χ4v) is 7.22. The predicted octanol–water partition coefficient (Wildman–Crippen LogP) is 4.92. The fourth-order valence-electron chi connectivity index (χ4n) is 7.22. The topological polar surface area (TPSA) is 20.2 Å². The van der Waals surface area contributed by atoms with Crippen molar-refractivity contribution in [3.63, 3.8) is 0 Å². The Morgan fingerprint density at radius 3 is 2.45 bits per heavy atom. The van der Waals surface area contributed by atoms with Crippen molar-refractivity contribution in [1.29, 1.82) is 0 Å². The van der Waals surface area contributed by atoms with Gasteiger partial charge in [-0.2, -0.15) is 0 Å². The van der Waals surface area contributed by atoms with Crippen LogP contribution < -0.4 is 0 Å². The molecule has 20 heavy (non-hydrogen) atoms. The number of hydrogen-bond donors (Lipinski definition) is 1. The summed E-state index contributed by atoms with van der Waals surface area (Å²) >= 11 is 0. The van der Waals surface area contributed by atoms with Gasteiger partial charge in [-0.1, -0.05) is 33.1 Å². The van der Waals surface area contributed by atoms with Crippen LogP contribution in [0.3, 0.4) is 0 Å². The Kier molecular flexibility index (Phi) is 2.89. The standard InChI is InChI=1S/C19H32O/c1-17-10-5-7-15(17)16-9-8-14-6-3-4-11-18(14,2)19(16,20)13-12-17/h14-16,20H,3-13H2,1-2H3/t14?,15-,16-,17-,18-,19+/m0/s1. The van der Waals surface area contributed by atoms with E-state index in [-0.39, 0.29) is 11.0 Å². The first-order chi connectivity index (χ1) is 9.50. The third kappa shape index (κ3) is 1.54. The number of aliphatic hydroxyl groups is 1. The molecule has 1 heteroatoms. The summed E-state index contributed by atoms with van der Waals surface area (Å²) in [6.45, 7) is 4.99. The van der Waals surface area contributed by atoms with Crippen LogP contribution in [0.1, 0.15) is 84.5 Å². The molecular weight excluding hydrogens is 244 g/mol. The van der Waals surface area contributed by atoms with Crippen LogP contribution in [0, 0.1) is 28.6 Å². The molecule has 0 aromatic heterocycles. The highest BCUT2D eigenvalue weighted by atomic mass is 16.3. The molecule has 1 unspecified atom stereocenters. The first-order valence-electron chi connectivity index (χ1n) is 9.22. The molecule has 4 aliphatic carbocycles. The molecule has 4 fully saturated rings. The lowest BCUT2D eigenvalue weighted by molar-refractivity contribution is -0.231. The van der Waals surface area contributed by atoms with E-state index in [1.54, 1.807) is 0 Å². The molecular formula is C19H32O. The minimum absolute atomic E-state index is 0.234. The normalized spacial score (nSPS) is 58.6. The lowest BCUT2D eigenvalue weighted by Gasteiger charge is -2.64. The summed E-state index contributed by atoms with van der Waals surface area (Å²) in [6, 6.07) is 0. The summed E-state index contributed by atoms with van der Waals surface area (Å²) in [4.78, 5) is 0. The molecule has 0 saturated heterocycles. The monoisotopic (exact) mass is 276 g/mol. The summed E-state index contributed by atoms with van der Waals surface area (Å²) in [7, 11) is 0. The molecule has 0 heterocycles. The van der Waals surface area contributed by atoms with Crippen molar-refractivity contribution in [2.45, 2.75) is 90.1 Å². The minimum Gasteiger partial charge on any atom is -0.389 e. The van der Waals surface area contributed by atoms with Gasteiger partial charge in [0.2, 0.25) is 0 Å². The van der Waals surface area contributed by atoms with Crippen molar-refractivity contribution in [3.05, 3.63) is 0 Å². The van der Waals surface area contributed by atoms with Crippen molar-refractivity contribution in [1.82, 2.24) is 0 Å². The highest BCUT2D eigenvalue weighted by molar-refractivity contribution is 5.14. The first kappa shape index (κ1) is 13.6. The van der Waals surface area contributed by atoms with Crippen molar-refractivity contribution < 1.29 is 5.11 Å². The van der Waals surface area contributed by atoms with E-state index in [1.807, 2.05) is 0 Å². The zero-order valence-electron chi connectivity index (χ0n) is 13.5. The average Bonchev–Trinajstić information content (AvgIpc) is 2.81. The highest BCUT2D eigenvalue weighted by Crippen LogP contribution is 2.67. The Morgan fingerprint density at radius 2 is 1.60 bits per heavy atom. The van der Waals surface area contributed by atoms with Crippen molar-refractivity contribution >= 4 is 0 Å². The third-order valence-electron chi connectivity index (χ3n) is 8.55. The lowest BCUT2D eigenvalue weighted by atomic mass is 9.43. The maximum Gasteiger partial charge on any atom is 0.0734 e. The zero-order valence-corrected chi connectivity index (χ0v) is 13.5. The van der Waals surface area contributed by atoms with Crippen LogP contribution in [0.25, 0.3) is 0 Å². The van der Waals surface area contributed by atoms with E-state index in [9.17, 15) is 5.11 Å². The SMILES string of the molecule is C[C@@]12CCC[C@H]1[C@@H]1CCC3CCCC[C@]3(C)[C@@]1(O)CC2. The minimum atomic E-state index is -0.329. The summed E-state index contributed by atoms with van der Waals surface area (Å²) in [5, 5.41) is 11.8. The fraction of sp³-hybridized carbons (Fsp3) is 1.00. The maximum absolute atomic E-state index is 11.8. The summed E-state index contributed by atoms with van der Waals surface area (Å²) in [5.41, 5.74) is 0.470. The molecule has 4 aliphatic rings. The van der Waals surface area contributed by atoms with Gasteiger partial charge in [-0.25, -0.2) is 0 Å². The van der Waals surface area contributed by atoms with Crippen molar-refractivity contribution in [2.24, 2.45) is 28.6 Å². The third-order valence-corrected chi connectivity index (χ3v) is 8.55. The lowest BCUT2D eigenvalue weighted by Crippen LogP contribution is -2.64. The first-order valence-corrected chi connectivity index (χ1v) is 9.22. The summed E-state index contributed by atoms with van der Waals surface area (Å²) in [5.74, 6) is 2.24. The zero-order chi connectivity index (χ0) is 14.0. The van der Waals surface area contributed by atoms with Gasteiger partial charge in [0, 0.05) is 0 Å². The van der Waals surface area contributed by atoms with Crippen LogP contribution in [0.5, 0.6) is 0 Å². The van der Waals surface area contributed by atoms with Crippen molar-refractivity contribution in [3.8, 4) is 0 Å². The quantitative estimate of drug-likeness (QED) is 0.665. The van der Waals surface area contributed by atoms with Gasteiger partial charge < -0.3 is 5.11 Å². The van der Waals surface area contributed by atoms with Crippen LogP contribution >= 0.6 is 0 Å². The van der Waals surface area contributed by atoms with Gasteiger partial charge in [0.05, 0.1) is 5.60 Å². The second-order valence-corrected chi connectivity index (χ2v) is 9.12. The molecule has 6 atom stereocenters. The Hall–Kier alpha value is -0.0400. The largest absolute Gasteiger partial charge is 0.389 e. The van der Waals surface area contributed by atoms with E-state index in [1.165, 1.54) is 64.2 Å². The van der Waals surface area contributed by atoms with Gasteiger partial charge in [0.25, 0.3) is 0 Å². The summed E-state index contributed by atoms with van der Waals surface area (Å²) in [6.07, 6.45) is 14.7. The van der Waals surface area contributed by atoms with Crippen LogP contribution in [0.2, 0.25) is 0 Å². The predicted molar refractivity (Wildman–Crippen MR) is 82.4 cm³/mol. The molecule has 4 rings (SSSR count). The number of fused-ring (bicyclic) bond motifs is 5. The highest BCUT2D eigenvalue weighted by Gasteiger charge is 2.64. The van der Waals surface area contributed by atoms with Crippen molar-refractivity contribution in [2.75, 3.05) is 0 Å². The molecule has 1 nitrogen and oxygen atoms in total. The average molecular weight is 276 g/mol. The van der Waals surface area contributed by atoms with Gasteiger partial charge in [0.15, 0.2) is 0 Å². The molecule has 0 aromatic rings. The van der Waals surface area contributed by atoms with E-state index in [4.69, 9.17) is 0 Å². The second-order valence-electron chi connectivity index (χ2n) is 9.12. The van der Waals surface area contributed by atoms with Gasteiger partial charge in [-0.15, -0.1) is 0 Å². The molecule has 0 spiro atoms. The molecule has 0 amide bonds. The van der Waals surface area contributed by atoms with Gasteiger partial charge in [-0.05, 0) is 80.0 Å². The Labute approximate surface area is 124 Å². The number of hydrogen-bond acceptors (Lipinski definition) is 1.